The molecular weight excluding hydrogens is 476 g/mol. The summed E-state index contributed by atoms with van der Waals surface area (Å²) in [5, 5.41) is 2.79. The average molecular weight is 509 g/mol. The van der Waals surface area contributed by atoms with Gasteiger partial charge in [0.2, 0.25) is 5.91 Å². The number of nitrogens with zero attached hydrogens (tertiary/aromatic N) is 3. The van der Waals surface area contributed by atoms with Gasteiger partial charge >= 0.3 is 5.69 Å². The van der Waals surface area contributed by atoms with Crippen molar-refractivity contribution >= 4 is 22.7 Å². The maximum atomic E-state index is 13.7. The molecule has 0 bridgehead atoms. The van der Waals surface area contributed by atoms with Gasteiger partial charge in [-0.2, -0.15) is 0 Å². The maximum Gasteiger partial charge on any atom is 0.332 e. The van der Waals surface area contributed by atoms with Gasteiger partial charge in [-0.1, -0.05) is 19.1 Å². The molecule has 0 spiro atoms. The Morgan fingerprint density at radius 2 is 1.59 bits per heavy atom. The van der Waals surface area contributed by atoms with Crippen LogP contribution in [-0.2, 0) is 17.9 Å². The zero-order valence-electron chi connectivity index (χ0n) is 21.6. The molecule has 0 aliphatic carbocycles. The lowest BCUT2D eigenvalue weighted by Crippen LogP contribution is -2.45. The second-order valence-corrected chi connectivity index (χ2v) is 9.32. The Labute approximate surface area is 214 Å². The van der Waals surface area contributed by atoms with E-state index in [1.54, 1.807) is 42.3 Å². The molecule has 0 atom stereocenters. The van der Waals surface area contributed by atoms with Crippen LogP contribution in [-0.4, -0.2) is 60.2 Å². The van der Waals surface area contributed by atoms with Crippen LogP contribution >= 0.6 is 0 Å². The smallest absolute Gasteiger partial charge is 0.332 e. The number of carbonyl (C=O) groups excluding carboxylic acids is 2. The van der Waals surface area contributed by atoms with E-state index in [1.165, 1.54) is 24.9 Å². The van der Waals surface area contributed by atoms with E-state index in [4.69, 9.17) is 9.47 Å². The fourth-order valence-corrected chi connectivity index (χ4v) is 4.62. The van der Waals surface area contributed by atoms with Gasteiger partial charge in [0.1, 0.15) is 6.54 Å². The Balaban J connectivity index is 1.81. The summed E-state index contributed by atoms with van der Waals surface area (Å²) in [5.74, 6) is 0.842. The van der Waals surface area contributed by atoms with Gasteiger partial charge in [-0.3, -0.25) is 23.5 Å². The first-order valence-electron chi connectivity index (χ1n) is 12.3. The predicted octanol–water partition coefficient (Wildman–Crippen LogP) is 1.85. The second kappa shape index (κ2) is 10.9. The molecular formula is C27H32N4O6. The minimum atomic E-state index is -0.598. The average Bonchev–Trinajstić information content (AvgIpc) is 2.92. The van der Waals surface area contributed by atoms with Crippen molar-refractivity contribution in [1.29, 1.82) is 0 Å². The number of ether oxygens (including phenoxy) is 2. The molecule has 0 saturated carbocycles. The fourth-order valence-electron chi connectivity index (χ4n) is 4.62. The zero-order valence-corrected chi connectivity index (χ0v) is 21.6. The largest absolute Gasteiger partial charge is 0.493 e. The van der Waals surface area contributed by atoms with Gasteiger partial charge in [0.15, 0.2) is 11.5 Å². The highest BCUT2D eigenvalue weighted by Gasteiger charge is 2.24. The van der Waals surface area contributed by atoms with Crippen molar-refractivity contribution in [3.8, 4) is 11.5 Å². The Kier molecular flexibility index (Phi) is 7.66. The van der Waals surface area contributed by atoms with Crippen LogP contribution in [0.25, 0.3) is 10.9 Å². The van der Waals surface area contributed by atoms with Crippen molar-refractivity contribution in [3.63, 3.8) is 0 Å². The zero-order chi connectivity index (χ0) is 26.7. The number of nitrogens with one attached hydrogen (secondary N) is 1. The minimum Gasteiger partial charge on any atom is -0.493 e. The van der Waals surface area contributed by atoms with Gasteiger partial charge < -0.3 is 19.7 Å². The summed E-state index contributed by atoms with van der Waals surface area (Å²) in [6.45, 7) is 3.22. The number of fused-ring (bicyclic) bond motifs is 1. The Morgan fingerprint density at radius 1 is 0.973 bits per heavy atom. The predicted molar refractivity (Wildman–Crippen MR) is 139 cm³/mol. The number of hydrogen-bond donors (Lipinski definition) is 1. The van der Waals surface area contributed by atoms with Gasteiger partial charge in [0, 0.05) is 31.8 Å². The molecule has 196 valence electrons. The molecule has 2 heterocycles. The molecule has 10 nitrogen and oxygen atoms in total. The van der Waals surface area contributed by atoms with Crippen molar-refractivity contribution < 1.29 is 19.1 Å². The number of carbonyl (C=O) groups is 2. The van der Waals surface area contributed by atoms with Gasteiger partial charge in [0.05, 0.1) is 31.7 Å². The topological polar surface area (TPSA) is 112 Å². The SMILES string of the molecule is CNC(=O)c1ccc(Cn2c(=O)c3cc(OC)c(OC)cc3n(CC(=O)N3CCC(C)CC3)c2=O)cc1. The Morgan fingerprint density at radius 3 is 2.19 bits per heavy atom. The van der Waals surface area contributed by atoms with Crippen LogP contribution in [0.1, 0.15) is 35.7 Å². The van der Waals surface area contributed by atoms with Crippen molar-refractivity contribution in [2.75, 3.05) is 34.4 Å². The first-order valence-corrected chi connectivity index (χ1v) is 12.3. The first-order chi connectivity index (χ1) is 17.8. The lowest BCUT2D eigenvalue weighted by atomic mass is 9.99. The Hall–Kier alpha value is -4.08. The maximum absolute atomic E-state index is 13.7. The van der Waals surface area contributed by atoms with Crippen LogP contribution in [0.5, 0.6) is 11.5 Å². The van der Waals surface area contributed by atoms with E-state index in [1.807, 2.05) is 0 Å². The number of methoxy groups -OCH3 is 2. The van der Waals surface area contributed by atoms with E-state index < -0.39 is 11.2 Å². The molecule has 1 fully saturated rings. The lowest BCUT2D eigenvalue weighted by Gasteiger charge is -2.30. The van der Waals surface area contributed by atoms with E-state index >= 15 is 0 Å². The lowest BCUT2D eigenvalue weighted by molar-refractivity contribution is -0.133. The van der Waals surface area contributed by atoms with Gasteiger partial charge in [-0.25, -0.2) is 4.79 Å². The normalized spacial score (nSPS) is 14.0. The molecule has 37 heavy (non-hydrogen) atoms. The number of amides is 2. The summed E-state index contributed by atoms with van der Waals surface area (Å²) >= 11 is 0. The van der Waals surface area contributed by atoms with E-state index in [-0.39, 0.29) is 30.3 Å². The summed E-state index contributed by atoms with van der Waals surface area (Å²) in [6.07, 6.45) is 1.83. The standard InChI is InChI=1S/C27H32N4O6/c1-17-9-11-29(12-10-17)24(32)16-30-21-14-23(37-4)22(36-3)13-20(21)26(34)31(27(30)35)15-18-5-7-19(8-6-18)25(33)28-2/h5-8,13-14,17H,9-12,15-16H2,1-4H3,(H,28,33). The molecule has 1 saturated heterocycles. The number of benzene rings is 2. The van der Waals surface area contributed by atoms with Crippen molar-refractivity contribution in [1.82, 2.24) is 19.4 Å². The van der Waals surface area contributed by atoms with Gasteiger partial charge in [-0.15, -0.1) is 0 Å². The molecule has 0 radical (unpaired) electrons. The third-order valence-electron chi connectivity index (χ3n) is 6.94. The molecule has 2 amide bonds. The van der Waals surface area contributed by atoms with E-state index in [9.17, 15) is 19.2 Å². The van der Waals surface area contributed by atoms with E-state index in [0.29, 0.717) is 47.2 Å². The highest BCUT2D eigenvalue weighted by atomic mass is 16.5. The minimum absolute atomic E-state index is 0.0224. The third-order valence-corrected chi connectivity index (χ3v) is 6.94. The van der Waals surface area contributed by atoms with Crippen LogP contribution in [0.4, 0.5) is 0 Å². The summed E-state index contributed by atoms with van der Waals surface area (Å²) in [4.78, 5) is 54.0. The molecule has 10 heteroatoms. The van der Waals surface area contributed by atoms with Crippen molar-refractivity contribution in [3.05, 3.63) is 68.4 Å². The van der Waals surface area contributed by atoms with Crippen LogP contribution in [0, 0.1) is 5.92 Å². The summed E-state index contributed by atoms with van der Waals surface area (Å²) in [5.41, 5.74) is 0.325. The number of hydrogen-bond acceptors (Lipinski definition) is 6. The van der Waals surface area contributed by atoms with Gasteiger partial charge in [0.25, 0.3) is 11.5 Å². The van der Waals surface area contributed by atoms with E-state index in [2.05, 4.69) is 12.2 Å². The molecule has 0 unspecified atom stereocenters. The van der Waals surface area contributed by atoms with Crippen LogP contribution in [0.15, 0.2) is 46.0 Å². The second-order valence-electron chi connectivity index (χ2n) is 9.32. The number of piperidine rings is 1. The number of rotatable bonds is 7. The fraction of sp³-hybridized carbons (Fsp3) is 0.407. The third kappa shape index (κ3) is 5.23. The number of aromatic nitrogens is 2. The first kappa shape index (κ1) is 26.0. The summed E-state index contributed by atoms with van der Waals surface area (Å²) in [7, 11) is 4.48. The molecule has 2 aromatic carbocycles. The summed E-state index contributed by atoms with van der Waals surface area (Å²) in [6, 6.07) is 9.75. The van der Waals surface area contributed by atoms with Crippen LogP contribution < -0.4 is 26.0 Å². The molecule has 1 N–H and O–H groups in total. The highest BCUT2D eigenvalue weighted by molar-refractivity contribution is 5.94. The molecule has 1 aliphatic heterocycles. The van der Waals surface area contributed by atoms with E-state index in [0.717, 1.165) is 17.4 Å². The highest BCUT2D eigenvalue weighted by Crippen LogP contribution is 2.30. The molecule has 4 rings (SSSR count). The van der Waals surface area contributed by atoms with Crippen LogP contribution in [0.2, 0.25) is 0 Å². The number of likely N-dealkylation sites (tertiary alicyclic amines) is 1. The Bertz CT molecular complexity index is 1430. The molecule has 3 aromatic rings. The van der Waals surface area contributed by atoms with Crippen LogP contribution in [0.3, 0.4) is 0 Å². The van der Waals surface area contributed by atoms with Gasteiger partial charge in [-0.05, 0) is 42.5 Å². The quantitative estimate of drug-likeness (QED) is 0.521. The van der Waals surface area contributed by atoms with Crippen molar-refractivity contribution in [2.24, 2.45) is 5.92 Å². The molecule has 1 aliphatic rings. The molecule has 1 aromatic heterocycles. The van der Waals surface area contributed by atoms with Crippen molar-refractivity contribution in [2.45, 2.75) is 32.9 Å². The monoisotopic (exact) mass is 508 g/mol. The summed E-state index contributed by atoms with van der Waals surface area (Å²) < 4.78 is 13.2.